The highest BCUT2D eigenvalue weighted by Crippen LogP contribution is 2.29. The van der Waals surface area contributed by atoms with Crippen LogP contribution in [0.4, 0.5) is 4.79 Å². The fourth-order valence-electron chi connectivity index (χ4n) is 4.56. The lowest BCUT2D eigenvalue weighted by Crippen LogP contribution is -2.47. The molecule has 0 spiro atoms. The molecule has 2 N–H and O–H groups in total. The SMILES string of the molecule is CS(=O)(=O)N1CCN(Cc2ccc3cc(-c4cc5ccccc5[nH]c4=O)n(C(=O)O)c3c2)CC1. The predicted octanol–water partition coefficient (Wildman–Crippen LogP) is 2.75. The maximum absolute atomic E-state index is 12.8. The number of pyridine rings is 1. The van der Waals surface area contributed by atoms with Crippen molar-refractivity contribution in [1.82, 2.24) is 18.8 Å². The minimum Gasteiger partial charge on any atom is -0.464 e. The second kappa shape index (κ2) is 8.39. The molecule has 5 rings (SSSR count). The van der Waals surface area contributed by atoms with Crippen LogP contribution < -0.4 is 5.56 Å². The number of benzene rings is 2. The molecule has 1 saturated heterocycles. The third-order valence-corrected chi connectivity index (χ3v) is 7.60. The number of aromatic nitrogens is 2. The number of fused-ring (bicyclic) bond motifs is 2. The molecular weight excluding hydrogens is 456 g/mol. The fourth-order valence-corrected chi connectivity index (χ4v) is 5.39. The number of hydrogen-bond acceptors (Lipinski definition) is 5. The Morgan fingerprint density at radius 3 is 2.44 bits per heavy atom. The van der Waals surface area contributed by atoms with Gasteiger partial charge in [-0.1, -0.05) is 30.3 Å². The number of carboxylic acid groups (broad SMARTS) is 1. The van der Waals surface area contributed by atoms with Crippen molar-refractivity contribution in [3.05, 3.63) is 70.5 Å². The van der Waals surface area contributed by atoms with Gasteiger partial charge in [-0.05, 0) is 35.2 Å². The fraction of sp³-hybridized carbons (Fsp3) is 0.250. The van der Waals surface area contributed by atoms with Crippen LogP contribution in [0.3, 0.4) is 0 Å². The van der Waals surface area contributed by atoms with Gasteiger partial charge >= 0.3 is 6.09 Å². The van der Waals surface area contributed by atoms with Gasteiger partial charge in [-0.3, -0.25) is 9.69 Å². The van der Waals surface area contributed by atoms with Gasteiger partial charge in [0.25, 0.3) is 5.56 Å². The number of hydrogen-bond donors (Lipinski definition) is 2. The van der Waals surface area contributed by atoms with Crippen LogP contribution in [0.2, 0.25) is 0 Å². The highest BCUT2D eigenvalue weighted by molar-refractivity contribution is 7.88. The monoisotopic (exact) mass is 480 g/mol. The van der Waals surface area contributed by atoms with Crippen molar-refractivity contribution in [2.24, 2.45) is 0 Å². The van der Waals surface area contributed by atoms with Crippen molar-refractivity contribution in [2.45, 2.75) is 6.54 Å². The maximum atomic E-state index is 12.8. The Hall–Kier alpha value is -3.47. The predicted molar refractivity (Wildman–Crippen MR) is 131 cm³/mol. The molecule has 34 heavy (non-hydrogen) atoms. The lowest BCUT2D eigenvalue weighted by molar-refractivity contribution is 0.182. The van der Waals surface area contributed by atoms with Crippen LogP contribution in [0.5, 0.6) is 0 Å². The lowest BCUT2D eigenvalue weighted by atomic mass is 10.1. The molecule has 0 atom stereocenters. The average molecular weight is 481 g/mol. The first kappa shape index (κ1) is 22.3. The van der Waals surface area contributed by atoms with Gasteiger partial charge in [0.2, 0.25) is 10.0 Å². The van der Waals surface area contributed by atoms with E-state index in [4.69, 9.17) is 0 Å². The summed E-state index contributed by atoms with van der Waals surface area (Å²) >= 11 is 0. The van der Waals surface area contributed by atoms with Crippen LogP contribution in [0.25, 0.3) is 33.1 Å². The normalized spacial score (nSPS) is 15.8. The summed E-state index contributed by atoms with van der Waals surface area (Å²) in [6, 6.07) is 16.4. The van der Waals surface area contributed by atoms with Crippen LogP contribution in [0.15, 0.2) is 59.4 Å². The molecule has 10 heteroatoms. The van der Waals surface area contributed by atoms with Gasteiger partial charge in [-0.25, -0.2) is 17.8 Å². The van der Waals surface area contributed by atoms with E-state index in [0.717, 1.165) is 20.9 Å². The smallest absolute Gasteiger partial charge is 0.416 e. The number of aromatic amines is 1. The minimum atomic E-state index is -3.20. The van der Waals surface area contributed by atoms with Crippen LogP contribution in [0, 0.1) is 0 Å². The largest absolute Gasteiger partial charge is 0.464 e. The number of nitrogens with one attached hydrogen (secondary N) is 1. The summed E-state index contributed by atoms with van der Waals surface area (Å²) in [4.78, 5) is 30.0. The molecule has 2 aromatic heterocycles. The molecule has 3 heterocycles. The summed E-state index contributed by atoms with van der Waals surface area (Å²) in [7, 11) is -3.20. The van der Waals surface area contributed by atoms with Crippen molar-refractivity contribution in [3.63, 3.8) is 0 Å². The standard InChI is InChI=1S/C24H24N4O5S/c1-34(32,33)27-10-8-26(9-11-27)15-16-6-7-18-14-22(28(24(30)31)21(18)12-16)19-13-17-4-2-3-5-20(17)25-23(19)29/h2-7,12-14H,8-11,15H2,1H3,(H,25,29)(H,30,31). The molecule has 176 valence electrons. The zero-order chi connectivity index (χ0) is 24.0. The van der Waals surface area contributed by atoms with Crippen molar-refractivity contribution in [2.75, 3.05) is 32.4 Å². The first-order valence-electron chi connectivity index (χ1n) is 10.9. The number of nitrogens with zero attached hydrogens (tertiary/aromatic N) is 3. The highest BCUT2D eigenvalue weighted by Gasteiger charge is 2.24. The highest BCUT2D eigenvalue weighted by atomic mass is 32.2. The molecular formula is C24H24N4O5S. The summed E-state index contributed by atoms with van der Waals surface area (Å²) in [5, 5.41) is 11.5. The Kier molecular flexibility index (Phi) is 5.51. The number of rotatable bonds is 4. The Bertz CT molecular complexity index is 1580. The van der Waals surface area contributed by atoms with Gasteiger partial charge in [-0.2, -0.15) is 4.31 Å². The first-order chi connectivity index (χ1) is 16.2. The molecule has 0 bridgehead atoms. The van der Waals surface area contributed by atoms with Crippen LogP contribution in [-0.4, -0.2) is 70.8 Å². The number of para-hydroxylation sites is 1. The molecule has 1 aliphatic rings. The molecule has 0 radical (unpaired) electrons. The van der Waals surface area contributed by atoms with E-state index in [-0.39, 0.29) is 11.1 Å². The molecule has 0 unspecified atom stereocenters. The Morgan fingerprint density at radius 1 is 1.00 bits per heavy atom. The number of H-pyrrole nitrogens is 1. The molecule has 0 aliphatic carbocycles. The maximum Gasteiger partial charge on any atom is 0.416 e. The van der Waals surface area contributed by atoms with E-state index in [0.29, 0.717) is 49.5 Å². The summed E-state index contributed by atoms with van der Waals surface area (Å²) in [5.41, 5.74) is 2.35. The van der Waals surface area contributed by atoms with Crippen LogP contribution in [-0.2, 0) is 16.6 Å². The van der Waals surface area contributed by atoms with Crippen molar-refractivity contribution >= 4 is 37.9 Å². The van der Waals surface area contributed by atoms with E-state index in [9.17, 15) is 23.1 Å². The first-order valence-corrected chi connectivity index (χ1v) is 12.7. The van der Waals surface area contributed by atoms with E-state index < -0.39 is 16.1 Å². The summed E-state index contributed by atoms with van der Waals surface area (Å²) in [6.45, 7) is 2.64. The van der Waals surface area contributed by atoms with Gasteiger partial charge in [0.05, 0.1) is 23.0 Å². The lowest BCUT2D eigenvalue weighted by Gasteiger charge is -2.33. The van der Waals surface area contributed by atoms with Crippen LogP contribution >= 0.6 is 0 Å². The number of sulfonamides is 1. The third-order valence-electron chi connectivity index (χ3n) is 6.30. The Morgan fingerprint density at radius 2 is 1.74 bits per heavy atom. The topological polar surface area (TPSA) is 116 Å². The summed E-state index contributed by atoms with van der Waals surface area (Å²) in [5.74, 6) is 0. The van der Waals surface area contributed by atoms with Crippen molar-refractivity contribution < 1.29 is 18.3 Å². The average Bonchev–Trinajstić information content (AvgIpc) is 3.17. The third kappa shape index (κ3) is 4.11. The van der Waals surface area contributed by atoms with Crippen molar-refractivity contribution in [1.29, 1.82) is 0 Å². The quantitative estimate of drug-likeness (QED) is 0.464. The number of carbonyl (C=O) groups is 1. The van der Waals surface area contributed by atoms with Gasteiger partial charge in [0.1, 0.15) is 0 Å². The van der Waals surface area contributed by atoms with E-state index >= 15 is 0 Å². The molecule has 0 saturated carbocycles. The van der Waals surface area contributed by atoms with E-state index in [1.807, 2.05) is 36.4 Å². The van der Waals surface area contributed by atoms with Gasteiger partial charge in [-0.15, -0.1) is 0 Å². The Balaban J connectivity index is 1.51. The van der Waals surface area contributed by atoms with Gasteiger partial charge < -0.3 is 10.1 Å². The zero-order valence-corrected chi connectivity index (χ0v) is 19.4. The second-order valence-corrected chi connectivity index (χ2v) is 10.6. The second-order valence-electron chi connectivity index (χ2n) is 8.58. The van der Waals surface area contributed by atoms with Crippen molar-refractivity contribution in [3.8, 4) is 11.3 Å². The Labute approximate surface area is 195 Å². The number of piperazine rings is 1. The minimum absolute atomic E-state index is 0.288. The summed E-state index contributed by atoms with van der Waals surface area (Å²) in [6.07, 6.45) is 0.0472. The van der Waals surface area contributed by atoms with Gasteiger partial charge in [0, 0.05) is 43.6 Å². The molecule has 1 aliphatic heterocycles. The molecule has 1 fully saturated rings. The summed E-state index contributed by atoms with van der Waals surface area (Å²) < 4.78 is 26.1. The van der Waals surface area contributed by atoms with Gasteiger partial charge in [0.15, 0.2) is 0 Å². The molecule has 2 aromatic carbocycles. The molecule has 0 amide bonds. The van der Waals surface area contributed by atoms with Crippen LogP contribution in [0.1, 0.15) is 5.56 Å². The van der Waals surface area contributed by atoms with E-state index in [2.05, 4.69) is 9.88 Å². The molecule has 9 nitrogen and oxygen atoms in total. The zero-order valence-electron chi connectivity index (χ0n) is 18.6. The molecule has 4 aromatic rings. The van der Waals surface area contributed by atoms with E-state index in [1.165, 1.54) is 10.6 Å². The van der Waals surface area contributed by atoms with E-state index in [1.54, 1.807) is 18.2 Å².